The topological polar surface area (TPSA) is 49.7 Å². The van der Waals surface area contributed by atoms with E-state index in [0.717, 1.165) is 30.0 Å². The highest BCUT2D eigenvalue weighted by Gasteiger charge is 2.18. The predicted octanol–water partition coefficient (Wildman–Crippen LogP) is 2.95. The van der Waals surface area contributed by atoms with E-state index < -0.39 is 0 Å². The van der Waals surface area contributed by atoms with Gasteiger partial charge in [-0.3, -0.25) is 4.68 Å². The molecule has 5 heteroatoms. The zero-order valence-corrected chi connectivity index (χ0v) is 12.2. The number of aryl methyl sites for hydroxylation is 1. The van der Waals surface area contributed by atoms with Crippen molar-refractivity contribution in [2.45, 2.75) is 19.3 Å². The minimum atomic E-state index is 0.943. The number of hydrogen-bond acceptors (Lipinski definition) is 3. The summed E-state index contributed by atoms with van der Waals surface area (Å²) >= 11 is 0. The number of hydrogen-bond donors (Lipinski definition) is 1. The molecule has 0 aromatic carbocycles. The van der Waals surface area contributed by atoms with Crippen molar-refractivity contribution >= 4 is 16.7 Å². The van der Waals surface area contributed by atoms with Crippen LogP contribution in [-0.2, 0) is 7.05 Å². The zero-order chi connectivity index (χ0) is 14.2. The number of aromatic nitrogens is 4. The summed E-state index contributed by atoms with van der Waals surface area (Å²) < 4.78 is 1.84. The van der Waals surface area contributed by atoms with E-state index in [1.165, 1.54) is 30.3 Å². The number of nitrogens with one attached hydrogen (secondary N) is 1. The van der Waals surface area contributed by atoms with Gasteiger partial charge in [-0.25, -0.2) is 4.98 Å². The van der Waals surface area contributed by atoms with Crippen molar-refractivity contribution < 1.29 is 0 Å². The second-order valence-electron chi connectivity index (χ2n) is 5.68. The summed E-state index contributed by atoms with van der Waals surface area (Å²) in [5, 5.41) is 5.73. The monoisotopic (exact) mass is 281 g/mol. The molecule has 4 rings (SSSR count). The first-order valence-corrected chi connectivity index (χ1v) is 7.54. The van der Waals surface area contributed by atoms with E-state index in [4.69, 9.17) is 0 Å². The number of pyridine rings is 1. The van der Waals surface area contributed by atoms with Crippen LogP contribution in [0, 0.1) is 0 Å². The zero-order valence-electron chi connectivity index (χ0n) is 12.2. The Labute approximate surface area is 123 Å². The molecule has 1 saturated heterocycles. The van der Waals surface area contributed by atoms with E-state index in [1.54, 1.807) is 0 Å². The Morgan fingerprint density at radius 3 is 2.76 bits per heavy atom. The van der Waals surface area contributed by atoms with Crippen LogP contribution in [0.2, 0.25) is 0 Å². The molecule has 0 aliphatic carbocycles. The van der Waals surface area contributed by atoms with E-state index in [-0.39, 0.29) is 0 Å². The van der Waals surface area contributed by atoms with Gasteiger partial charge in [0.05, 0.1) is 11.1 Å². The third-order valence-electron chi connectivity index (χ3n) is 4.24. The van der Waals surface area contributed by atoms with Gasteiger partial charge >= 0.3 is 0 Å². The maximum atomic E-state index is 4.54. The summed E-state index contributed by atoms with van der Waals surface area (Å²) in [6, 6.07) is 4.18. The standard InChI is InChI=1S/C16H19N5/c1-20-10-6-13(19-20)12-11-18-16-15(12)14(5-7-17-16)21-8-3-2-4-9-21/h5-7,10-11H,2-4,8-9H2,1H3,(H,17,18). The first-order chi connectivity index (χ1) is 10.3. The molecule has 5 nitrogen and oxygen atoms in total. The molecule has 0 atom stereocenters. The third kappa shape index (κ3) is 2.09. The second-order valence-corrected chi connectivity index (χ2v) is 5.68. The molecule has 1 aliphatic heterocycles. The number of piperidine rings is 1. The van der Waals surface area contributed by atoms with Crippen LogP contribution in [0.25, 0.3) is 22.3 Å². The van der Waals surface area contributed by atoms with Gasteiger partial charge in [-0.1, -0.05) is 0 Å². The average Bonchev–Trinajstić information content (AvgIpc) is 3.13. The summed E-state index contributed by atoms with van der Waals surface area (Å²) in [6.45, 7) is 2.26. The van der Waals surface area contributed by atoms with Crippen LogP contribution in [0.15, 0.2) is 30.7 Å². The van der Waals surface area contributed by atoms with Crippen LogP contribution >= 0.6 is 0 Å². The van der Waals surface area contributed by atoms with Crippen LogP contribution in [0.4, 0.5) is 5.69 Å². The maximum absolute atomic E-state index is 4.54. The maximum Gasteiger partial charge on any atom is 0.140 e. The molecule has 0 saturated carbocycles. The normalized spacial score (nSPS) is 15.8. The number of anilines is 1. The number of nitrogens with zero attached hydrogens (tertiary/aromatic N) is 4. The first-order valence-electron chi connectivity index (χ1n) is 7.54. The molecule has 1 N–H and O–H groups in total. The summed E-state index contributed by atoms with van der Waals surface area (Å²) in [6.07, 6.45) is 9.77. The highest BCUT2D eigenvalue weighted by Crippen LogP contribution is 2.35. The molecule has 4 heterocycles. The molecule has 1 aliphatic rings. The molecule has 3 aromatic heterocycles. The quantitative estimate of drug-likeness (QED) is 0.785. The van der Waals surface area contributed by atoms with Gasteiger partial charge < -0.3 is 9.88 Å². The minimum absolute atomic E-state index is 0.943. The molecular formula is C16H19N5. The first kappa shape index (κ1) is 12.4. The summed E-state index contributed by atoms with van der Waals surface area (Å²) in [5.41, 5.74) is 4.36. The molecule has 0 radical (unpaired) electrons. The van der Waals surface area contributed by atoms with E-state index in [9.17, 15) is 0 Å². The van der Waals surface area contributed by atoms with Crippen molar-refractivity contribution in [2.75, 3.05) is 18.0 Å². The Morgan fingerprint density at radius 2 is 2.00 bits per heavy atom. The van der Waals surface area contributed by atoms with Gasteiger partial charge in [-0.15, -0.1) is 0 Å². The largest absolute Gasteiger partial charge is 0.371 e. The van der Waals surface area contributed by atoms with Crippen molar-refractivity contribution in [1.82, 2.24) is 19.7 Å². The van der Waals surface area contributed by atoms with Crippen LogP contribution < -0.4 is 4.90 Å². The Balaban J connectivity index is 1.88. The Bertz CT molecular complexity index is 764. The fourth-order valence-electron chi connectivity index (χ4n) is 3.20. The molecule has 0 spiro atoms. The fourth-order valence-corrected chi connectivity index (χ4v) is 3.20. The summed E-state index contributed by atoms with van der Waals surface area (Å²) in [4.78, 5) is 10.2. The lowest BCUT2D eigenvalue weighted by Gasteiger charge is -2.29. The smallest absolute Gasteiger partial charge is 0.140 e. The predicted molar refractivity (Wildman–Crippen MR) is 84.4 cm³/mol. The number of fused-ring (bicyclic) bond motifs is 1. The lowest BCUT2D eigenvalue weighted by Crippen LogP contribution is -2.29. The van der Waals surface area contributed by atoms with E-state index in [1.807, 2.05) is 30.3 Å². The SMILES string of the molecule is Cn1ccc(-c2c[nH]c3nccc(N4CCCCC4)c23)n1. The summed E-state index contributed by atoms with van der Waals surface area (Å²) in [5.74, 6) is 0. The Morgan fingerprint density at radius 1 is 1.14 bits per heavy atom. The molecule has 3 aromatic rings. The third-order valence-corrected chi connectivity index (χ3v) is 4.24. The highest BCUT2D eigenvalue weighted by atomic mass is 15.2. The van der Waals surface area contributed by atoms with E-state index >= 15 is 0 Å². The van der Waals surface area contributed by atoms with Gasteiger partial charge in [0.1, 0.15) is 5.65 Å². The van der Waals surface area contributed by atoms with Gasteiger partial charge in [0.2, 0.25) is 0 Å². The van der Waals surface area contributed by atoms with Gasteiger partial charge in [-0.05, 0) is 31.4 Å². The van der Waals surface area contributed by atoms with Gasteiger partial charge in [-0.2, -0.15) is 5.10 Å². The van der Waals surface area contributed by atoms with Crippen molar-refractivity contribution in [3.8, 4) is 11.3 Å². The molecule has 0 bridgehead atoms. The number of aromatic amines is 1. The Kier molecular flexibility index (Phi) is 2.91. The molecule has 1 fully saturated rings. The molecule has 0 amide bonds. The lowest BCUT2D eigenvalue weighted by atomic mass is 10.1. The molecule has 108 valence electrons. The van der Waals surface area contributed by atoms with Crippen molar-refractivity contribution in [3.05, 3.63) is 30.7 Å². The van der Waals surface area contributed by atoms with Crippen LogP contribution in [0.3, 0.4) is 0 Å². The fraction of sp³-hybridized carbons (Fsp3) is 0.375. The van der Waals surface area contributed by atoms with E-state index in [0.29, 0.717) is 0 Å². The molecule has 21 heavy (non-hydrogen) atoms. The van der Waals surface area contributed by atoms with Gasteiger partial charge in [0, 0.05) is 50.0 Å². The number of rotatable bonds is 2. The van der Waals surface area contributed by atoms with Crippen LogP contribution in [0.5, 0.6) is 0 Å². The molecular weight excluding hydrogens is 262 g/mol. The van der Waals surface area contributed by atoms with Gasteiger partial charge in [0.25, 0.3) is 0 Å². The lowest BCUT2D eigenvalue weighted by molar-refractivity contribution is 0.579. The van der Waals surface area contributed by atoms with Gasteiger partial charge in [0.15, 0.2) is 0 Å². The van der Waals surface area contributed by atoms with Crippen molar-refractivity contribution in [3.63, 3.8) is 0 Å². The van der Waals surface area contributed by atoms with Crippen molar-refractivity contribution in [2.24, 2.45) is 7.05 Å². The Hall–Kier alpha value is -2.30. The summed E-state index contributed by atoms with van der Waals surface area (Å²) in [7, 11) is 1.95. The van der Waals surface area contributed by atoms with Crippen LogP contribution in [-0.4, -0.2) is 32.8 Å². The van der Waals surface area contributed by atoms with E-state index in [2.05, 4.69) is 32.1 Å². The van der Waals surface area contributed by atoms with Crippen LogP contribution in [0.1, 0.15) is 19.3 Å². The molecule has 0 unspecified atom stereocenters. The minimum Gasteiger partial charge on any atom is -0.371 e. The number of H-pyrrole nitrogens is 1. The average molecular weight is 281 g/mol. The second kappa shape index (κ2) is 4.91. The van der Waals surface area contributed by atoms with Crippen molar-refractivity contribution in [1.29, 1.82) is 0 Å². The highest BCUT2D eigenvalue weighted by molar-refractivity contribution is 6.01.